The lowest BCUT2D eigenvalue weighted by Crippen LogP contribution is -2.38. The van der Waals surface area contributed by atoms with Crippen molar-refractivity contribution in [3.05, 3.63) is 11.2 Å². The molecular weight excluding hydrogens is 356 g/mol. The largest absolute Gasteiger partial charge is 0.493 e. The predicted octanol–water partition coefficient (Wildman–Crippen LogP) is 2.21. The van der Waals surface area contributed by atoms with Crippen molar-refractivity contribution in [1.29, 1.82) is 0 Å². The number of anilines is 1. The van der Waals surface area contributed by atoms with Crippen molar-refractivity contribution in [2.45, 2.75) is 31.7 Å². The highest BCUT2D eigenvalue weighted by molar-refractivity contribution is 6.29. The minimum atomic E-state index is 0.158. The first-order chi connectivity index (χ1) is 12.6. The number of fused-ring (bicyclic) bond motifs is 1. The molecule has 0 spiro atoms. The molecule has 1 saturated carbocycles. The van der Waals surface area contributed by atoms with E-state index in [1.165, 1.54) is 0 Å². The van der Waals surface area contributed by atoms with Gasteiger partial charge in [0.05, 0.1) is 7.11 Å². The fourth-order valence-electron chi connectivity index (χ4n) is 4.60. The molecule has 0 aromatic carbocycles. The van der Waals surface area contributed by atoms with E-state index in [4.69, 9.17) is 21.1 Å². The van der Waals surface area contributed by atoms with Gasteiger partial charge in [-0.05, 0) is 37.5 Å². The second-order valence-electron chi connectivity index (χ2n) is 7.55. The number of aromatic nitrogens is 2. The van der Waals surface area contributed by atoms with Crippen LogP contribution in [0.5, 0.6) is 5.75 Å². The number of carbonyl (C=O) groups excluding carboxylic acids is 1. The van der Waals surface area contributed by atoms with Crippen molar-refractivity contribution < 1.29 is 14.3 Å². The Morgan fingerprint density at radius 1 is 1.27 bits per heavy atom. The van der Waals surface area contributed by atoms with Crippen molar-refractivity contribution >= 4 is 23.3 Å². The molecule has 142 valence electrons. The first kappa shape index (κ1) is 17.8. The standard InChI is InChI=1S/C18H25ClN4O3/c1-25-15-8-16(19)21-22-17(15)20-14-6-12-9-23(10-13(12)7-14)18(24)11-2-4-26-5-3-11/h8,11-14H,2-7,9-10H2,1H3,(H,20,22)/t12-,13+,14?. The number of amides is 1. The molecule has 8 heteroatoms. The molecule has 0 bridgehead atoms. The summed E-state index contributed by atoms with van der Waals surface area (Å²) in [5.74, 6) is 2.85. The number of nitrogens with zero attached hydrogens (tertiary/aromatic N) is 3. The van der Waals surface area contributed by atoms with E-state index in [1.54, 1.807) is 13.2 Å². The number of halogens is 1. The Kier molecular flexibility index (Phi) is 5.18. The SMILES string of the molecule is COc1cc(Cl)nnc1NC1C[C@@H]2CN(C(=O)C3CCOCC3)C[C@@H]2C1. The number of likely N-dealkylation sites (tertiary alicyclic amines) is 1. The molecule has 1 unspecified atom stereocenters. The van der Waals surface area contributed by atoms with E-state index in [-0.39, 0.29) is 5.92 Å². The van der Waals surface area contributed by atoms with E-state index in [0.717, 1.165) is 38.8 Å². The summed E-state index contributed by atoms with van der Waals surface area (Å²) in [5, 5.41) is 11.8. The minimum Gasteiger partial charge on any atom is -0.493 e. The highest BCUT2D eigenvalue weighted by Gasteiger charge is 2.43. The Morgan fingerprint density at radius 2 is 1.96 bits per heavy atom. The normalized spacial score (nSPS) is 28.8. The van der Waals surface area contributed by atoms with E-state index in [9.17, 15) is 4.79 Å². The van der Waals surface area contributed by atoms with Crippen LogP contribution in [0.4, 0.5) is 5.82 Å². The maximum Gasteiger partial charge on any atom is 0.225 e. The van der Waals surface area contributed by atoms with E-state index in [0.29, 0.717) is 53.7 Å². The molecule has 0 radical (unpaired) electrons. The van der Waals surface area contributed by atoms with Crippen LogP contribution in [-0.2, 0) is 9.53 Å². The molecule has 3 heterocycles. The average Bonchev–Trinajstić information content (AvgIpc) is 3.22. The highest BCUT2D eigenvalue weighted by Crippen LogP contribution is 2.40. The van der Waals surface area contributed by atoms with Gasteiger partial charge in [-0.1, -0.05) is 11.6 Å². The number of ether oxygens (including phenoxy) is 2. The van der Waals surface area contributed by atoms with Crippen molar-refractivity contribution in [1.82, 2.24) is 15.1 Å². The van der Waals surface area contributed by atoms with Gasteiger partial charge in [0.25, 0.3) is 0 Å². The van der Waals surface area contributed by atoms with Crippen LogP contribution in [0, 0.1) is 17.8 Å². The highest BCUT2D eigenvalue weighted by atomic mass is 35.5. The molecule has 7 nitrogen and oxygen atoms in total. The van der Waals surface area contributed by atoms with E-state index >= 15 is 0 Å². The lowest BCUT2D eigenvalue weighted by molar-refractivity contribution is -0.137. The molecular formula is C18H25ClN4O3. The third-order valence-corrected chi connectivity index (χ3v) is 6.11. The van der Waals surface area contributed by atoms with Gasteiger partial charge in [-0.2, -0.15) is 0 Å². The summed E-state index contributed by atoms with van der Waals surface area (Å²) in [4.78, 5) is 14.8. The number of methoxy groups -OCH3 is 1. The Labute approximate surface area is 158 Å². The molecule has 26 heavy (non-hydrogen) atoms. The molecule has 2 saturated heterocycles. The van der Waals surface area contributed by atoms with Gasteiger partial charge in [-0.25, -0.2) is 0 Å². The van der Waals surface area contributed by atoms with Crippen LogP contribution >= 0.6 is 11.6 Å². The van der Waals surface area contributed by atoms with Gasteiger partial charge in [0.2, 0.25) is 5.91 Å². The monoisotopic (exact) mass is 380 g/mol. The Hall–Kier alpha value is -1.60. The Balaban J connectivity index is 1.33. The maximum atomic E-state index is 12.7. The molecule has 1 aromatic rings. The molecule has 1 amide bonds. The quantitative estimate of drug-likeness (QED) is 0.863. The zero-order valence-electron chi connectivity index (χ0n) is 15.0. The molecule has 1 aliphatic carbocycles. The number of carbonyl (C=O) groups is 1. The van der Waals surface area contributed by atoms with Crippen molar-refractivity contribution in [3.63, 3.8) is 0 Å². The minimum absolute atomic E-state index is 0.158. The number of hydrogen-bond donors (Lipinski definition) is 1. The summed E-state index contributed by atoms with van der Waals surface area (Å²) < 4.78 is 10.7. The first-order valence-corrected chi connectivity index (χ1v) is 9.72. The van der Waals surface area contributed by atoms with Gasteiger partial charge in [-0.3, -0.25) is 4.79 Å². The van der Waals surface area contributed by atoms with Crippen LogP contribution in [0.15, 0.2) is 6.07 Å². The van der Waals surface area contributed by atoms with Crippen molar-refractivity contribution in [2.24, 2.45) is 17.8 Å². The summed E-state index contributed by atoms with van der Waals surface area (Å²) in [6, 6.07) is 2.00. The molecule has 4 rings (SSSR count). The van der Waals surface area contributed by atoms with Gasteiger partial charge < -0.3 is 19.7 Å². The first-order valence-electron chi connectivity index (χ1n) is 9.34. The topological polar surface area (TPSA) is 76.6 Å². The summed E-state index contributed by atoms with van der Waals surface area (Å²) in [6.45, 7) is 3.19. The number of nitrogens with one attached hydrogen (secondary N) is 1. The Bertz CT molecular complexity index is 654. The third kappa shape index (κ3) is 3.60. The van der Waals surface area contributed by atoms with Crippen LogP contribution in [0.3, 0.4) is 0 Å². The van der Waals surface area contributed by atoms with E-state index in [1.807, 2.05) is 0 Å². The van der Waals surface area contributed by atoms with E-state index in [2.05, 4.69) is 20.4 Å². The predicted molar refractivity (Wildman–Crippen MR) is 97.3 cm³/mol. The van der Waals surface area contributed by atoms with Gasteiger partial charge >= 0.3 is 0 Å². The second kappa shape index (κ2) is 7.56. The fraction of sp³-hybridized carbons (Fsp3) is 0.722. The smallest absolute Gasteiger partial charge is 0.225 e. The third-order valence-electron chi connectivity index (χ3n) is 5.92. The van der Waals surface area contributed by atoms with Gasteiger partial charge in [-0.15, -0.1) is 10.2 Å². The van der Waals surface area contributed by atoms with Gasteiger partial charge in [0, 0.05) is 44.3 Å². The van der Waals surface area contributed by atoms with E-state index < -0.39 is 0 Å². The summed E-state index contributed by atoms with van der Waals surface area (Å²) in [6.07, 6.45) is 3.80. The van der Waals surface area contributed by atoms with Crippen LogP contribution in [0.2, 0.25) is 5.15 Å². The van der Waals surface area contributed by atoms with Crippen LogP contribution < -0.4 is 10.1 Å². The van der Waals surface area contributed by atoms with Crippen molar-refractivity contribution in [3.8, 4) is 5.75 Å². The zero-order valence-corrected chi connectivity index (χ0v) is 15.7. The summed E-state index contributed by atoms with van der Waals surface area (Å²) in [5.41, 5.74) is 0. The lowest BCUT2D eigenvalue weighted by atomic mass is 9.98. The molecule has 3 fully saturated rings. The van der Waals surface area contributed by atoms with Crippen molar-refractivity contribution in [2.75, 3.05) is 38.7 Å². The van der Waals surface area contributed by atoms with Gasteiger partial charge in [0.15, 0.2) is 16.7 Å². The van der Waals surface area contributed by atoms with Gasteiger partial charge in [0.1, 0.15) is 0 Å². The van der Waals surface area contributed by atoms with Crippen LogP contribution in [-0.4, -0.2) is 60.5 Å². The lowest BCUT2D eigenvalue weighted by Gasteiger charge is -2.27. The molecule has 2 aliphatic heterocycles. The Morgan fingerprint density at radius 3 is 2.62 bits per heavy atom. The fourth-order valence-corrected chi connectivity index (χ4v) is 4.74. The zero-order chi connectivity index (χ0) is 18.1. The molecule has 3 aliphatic rings. The molecule has 3 atom stereocenters. The molecule has 1 aromatic heterocycles. The second-order valence-corrected chi connectivity index (χ2v) is 7.93. The average molecular weight is 381 g/mol. The molecule has 1 N–H and O–H groups in total. The van der Waals surface area contributed by atoms with Crippen LogP contribution in [0.1, 0.15) is 25.7 Å². The summed E-state index contributed by atoms with van der Waals surface area (Å²) in [7, 11) is 1.60. The van der Waals surface area contributed by atoms with Crippen LogP contribution in [0.25, 0.3) is 0 Å². The maximum absolute atomic E-state index is 12.7. The summed E-state index contributed by atoms with van der Waals surface area (Å²) >= 11 is 5.87. The number of hydrogen-bond acceptors (Lipinski definition) is 6. The number of rotatable bonds is 4.